The number of carboxylic acid groups (broad SMARTS) is 1. The molecule has 106 valence electrons. The highest BCUT2D eigenvalue weighted by Crippen LogP contribution is 2.45. The second-order valence-electron chi connectivity index (χ2n) is 3.67. The molecule has 0 fully saturated rings. The summed E-state index contributed by atoms with van der Waals surface area (Å²) in [6.45, 7) is -0.0558. The first-order chi connectivity index (χ1) is 9.01. The van der Waals surface area contributed by atoms with E-state index in [1.54, 1.807) is 6.07 Å². The summed E-state index contributed by atoms with van der Waals surface area (Å²) in [5, 5.41) is 9.23. The minimum absolute atomic E-state index is 0.0558. The third-order valence-electron chi connectivity index (χ3n) is 2.71. The predicted molar refractivity (Wildman–Crippen MR) is 73.2 cm³/mol. The van der Waals surface area contributed by atoms with Gasteiger partial charge in [0.15, 0.2) is 11.5 Å². The lowest BCUT2D eigenvalue weighted by Gasteiger charge is -2.20. The molecule has 0 bridgehead atoms. The highest BCUT2D eigenvalue weighted by molar-refractivity contribution is 9.10. The maximum absolute atomic E-state index is 11.3. The van der Waals surface area contributed by atoms with Gasteiger partial charge in [0.2, 0.25) is 0 Å². The standard InChI is InChI=1S/C12H16BrNO5/c1-17-7-4-8(18-2)11(19-3)10(13)9(7)6(5-14)12(15)16/h4,6H,5,14H2,1-3H3,(H,15,16). The lowest BCUT2D eigenvalue weighted by atomic mass is 9.97. The molecule has 0 aliphatic carbocycles. The van der Waals surface area contributed by atoms with Crippen molar-refractivity contribution in [1.29, 1.82) is 0 Å². The first kappa shape index (κ1) is 15.6. The molecule has 1 unspecified atom stereocenters. The van der Waals surface area contributed by atoms with E-state index in [1.807, 2.05) is 0 Å². The summed E-state index contributed by atoms with van der Waals surface area (Å²) in [7, 11) is 4.41. The Balaban J connectivity index is 3.56. The van der Waals surface area contributed by atoms with Crippen molar-refractivity contribution in [1.82, 2.24) is 0 Å². The van der Waals surface area contributed by atoms with Gasteiger partial charge in [-0.1, -0.05) is 0 Å². The second-order valence-corrected chi connectivity index (χ2v) is 4.46. The van der Waals surface area contributed by atoms with Gasteiger partial charge in [-0.2, -0.15) is 0 Å². The molecule has 0 heterocycles. The Labute approximate surface area is 119 Å². The van der Waals surface area contributed by atoms with Crippen molar-refractivity contribution < 1.29 is 24.1 Å². The number of hydrogen-bond acceptors (Lipinski definition) is 5. The Bertz CT molecular complexity index is 478. The second kappa shape index (κ2) is 6.63. The van der Waals surface area contributed by atoms with Crippen molar-refractivity contribution in [2.24, 2.45) is 5.73 Å². The summed E-state index contributed by atoms with van der Waals surface area (Å²) in [5.41, 5.74) is 5.96. The smallest absolute Gasteiger partial charge is 0.312 e. The van der Waals surface area contributed by atoms with Crippen LogP contribution in [0.25, 0.3) is 0 Å². The van der Waals surface area contributed by atoms with E-state index < -0.39 is 11.9 Å². The molecule has 0 radical (unpaired) electrons. The average Bonchev–Trinajstić information content (AvgIpc) is 2.40. The maximum atomic E-state index is 11.3. The maximum Gasteiger partial charge on any atom is 0.312 e. The quantitative estimate of drug-likeness (QED) is 0.821. The van der Waals surface area contributed by atoms with E-state index in [9.17, 15) is 9.90 Å². The fourth-order valence-corrected chi connectivity index (χ4v) is 2.61. The molecule has 3 N–H and O–H groups in total. The van der Waals surface area contributed by atoms with Crippen molar-refractivity contribution in [3.8, 4) is 17.2 Å². The van der Waals surface area contributed by atoms with E-state index in [0.29, 0.717) is 27.3 Å². The molecule has 0 spiro atoms. The SMILES string of the molecule is COc1cc(OC)c(C(CN)C(=O)O)c(Br)c1OC. The molecule has 0 aliphatic rings. The van der Waals surface area contributed by atoms with Crippen LogP contribution in [0.15, 0.2) is 10.5 Å². The molecule has 19 heavy (non-hydrogen) atoms. The lowest BCUT2D eigenvalue weighted by Crippen LogP contribution is -2.22. The van der Waals surface area contributed by atoms with Crippen molar-refractivity contribution in [3.05, 3.63) is 16.1 Å². The van der Waals surface area contributed by atoms with Crippen LogP contribution in [0.2, 0.25) is 0 Å². The number of carbonyl (C=O) groups is 1. The van der Waals surface area contributed by atoms with Crippen LogP contribution < -0.4 is 19.9 Å². The molecule has 1 aromatic rings. The van der Waals surface area contributed by atoms with Crippen LogP contribution in [0, 0.1) is 0 Å². The Morgan fingerprint density at radius 1 is 1.32 bits per heavy atom. The van der Waals surface area contributed by atoms with Crippen LogP contribution in [-0.4, -0.2) is 38.9 Å². The third-order valence-corrected chi connectivity index (χ3v) is 3.50. The van der Waals surface area contributed by atoms with E-state index in [-0.39, 0.29) is 6.54 Å². The van der Waals surface area contributed by atoms with Gasteiger partial charge < -0.3 is 25.1 Å². The minimum Gasteiger partial charge on any atom is -0.496 e. The number of hydrogen-bond donors (Lipinski definition) is 2. The number of aliphatic carboxylic acids is 1. The van der Waals surface area contributed by atoms with Crippen molar-refractivity contribution in [3.63, 3.8) is 0 Å². The zero-order chi connectivity index (χ0) is 14.6. The topological polar surface area (TPSA) is 91.0 Å². The van der Waals surface area contributed by atoms with Crippen LogP contribution in [0.5, 0.6) is 17.2 Å². The van der Waals surface area contributed by atoms with Crippen LogP contribution in [0.4, 0.5) is 0 Å². The number of benzene rings is 1. The average molecular weight is 334 g/mol. The molecule has 0 saturated heterocycles. The van der Waals surface area contributed by atoms with Gasteiger partial charge in [0.25, 0.3) is 0 Å². The number of nitrogens with two attached hydrogens (primary N) is 1. The molecule has 0 aliphatic heterocycles. The first-order valence-electron chi connectivity index (χ1n) is 5.43. The zero-order valence-corrected chi connectivity index (χ0v) is 12.5. The molecule has 0 amide bonds. The summed E-state index contributed by atoms with van der Waals surface area (Å²) in [6.07, 6.45) is 0. The Morgan fingerprint density at radius 2 is 1.89 bits per heavy atom. The van der Waals surface area contributed by atoms with E-state index >= 15 is 0 Å². The number of rotatable bonds is 6. The Kier molecular flexibility index (Phi) is 5.44. The molecule has 0 saturated carbocycles. The lowest BCUT2D eigenvalue weighted by molar-refractivity contribution is -0.138. The molecule has 0 aromatic heterocycles. The molecule has 1 rings (SSSR count). The molecule has 7 heteroatoms. The number of methoxy groups -OCH3 is 3. The van der Waals surface area contributed by atoms with Crippen molar-refractivity contribution in [2.45, 2.75) is 5.92 Å². The van der Waals surface area contributed by atoms with Gasteiger partial charge in [0.05, 0.1) is 31.7 Å². The predicted octanol–water partition coefficient (Wildman–Crippen LogP) is 1.60. The van der Waals surface area contributed by atoms with Crippen molar-refractivity contribution >= 4 is 21.9 Å². The molecule has 1 atom stereocenters. The van der Waals surface area contributed by atoms with Gasteiger partial charge in [-0.05, 0) is 15.9 Å². The van der Waals surface area contributed by atoms with Crippen LogP contribution in [0.1, 0.15) is 11.5 Å². The van der Waals surface area contributed by atoms with Gasteiger partial charge >= 0.3 is 5.97 Å². The minimum atomic E-state index is -1.03. The van der Waals surface area contributed by atoms with Gasteiger partial charge in [-0.15, -0.1) is 0 Å². The van der Waals surface area contributed by atoms with Gasteiger partial charge in [0.1, 0.15) is 5.75 Å². The monoisotopic (exact) mass is 333 g/mol. The fraction of sp³-hybridized carbons (Fsp3) is 0.417. The van der Waals surface area contributed by atoms with Crippen LogP contribution in [0.3, 0.4) is 0 Å². The fourth-order valence-electron chi connectivity index (χ4n) is 1.78. The first-order valence-corrected chi connectivity index (χ1v) is 6.22. The van der Waals surface area contributed by atoms with Gasteiger partial charge in [0, 0.05) is 18.2 Å². The summed E-state index contributed by atoms with van der Waals surface area (Å²) >= 11 is 3.33. The summed E-state index contributed by atoms with van der Waals surface area (Å²) in [4.78, 5) is 11.3. The van der Waals surface area contributed by atoms with Crippen molar-refractivity contribution in [2.75, 3.05) is 27.9 Å². The van der Waals surface area contributed by atoms with Crippen LogP contribution >= 0.6 is 15.9 Å². The summed E-state index contributed by atoms with van der Waals surface area (Å²) in [6, 6.07) is 1.57. The number of halogens is 1. The van der Waals surface area contributed by atoms with E-state index in [1.165, 1.54) is 21.3 Å². The molecule has 6 nitrogen and oxygen atoms in total. The van der Waals surface area contributed by atoms with Gasteiger partial charge in [-0.25, -0.2) is 0 Å². The Morgan fingerprint density at radius 3 is 2.26 bits per heavy atom. The molecular formula is C12H16BrNO5. The molecule has 1 aromatic carbocycles. The van der Waals surface area contributed by atoms with Gasteiger partial charge in [-0.3, -0.25) is 4.79 Å². The molecular weight excluding hydrogens is 318 g/mol. The van der Waals surface area contributed by atoms with E-state index in [0.717, 1.165) is 0 Å². The van der Waals surface area contributed by atoms with Crippen LogP contribution in [-0.2, 0) is 4.79 Å². The largest absolute Gasteiger partial charge is 0.496 e. The zero-order valence-electron chi connectivity index (χ0n) is 10.9. The Hall–Kier alpha value is -1.47. The highest BCUT2D eigenvalue weighted by Gasteiger charge is 2.28. The normalized spacial score (nSPS) is 11.8. The summed E-state index contributed by atoms with van der Waals surface area (Å²) < 4.78 is 16.1. The number of ether oxygens (including phenoxy) is 3. The van der Waals surface area contributed by atoms with E-state index in [2.05, 4.69) is 15.9 Å². The summed E-state index contributed by atoms with van der Waals surface area (Å²) in [5.74, 6) is -0.714. The number of carboxylic acids is 1. The highest BCUT2D eigenvalue weighted by atomic mass is 79.9. The van der Waals surface area contributed by atoms with E-state index in [4.69, 9.17) is 19.9 Å². The third kappa shape index (κ3) is 2.93.